The largest absolute Gasteiger partial charge is 0.245 e. The Labute approximate surface area is 172 Å². The van der Waals surface area contributed by atoms with Gasteiger partial charge in [-0.1, -0.05) is 53.2 Å². The molecule has 3 heterocycles. The normalized spacial score (nSPS) is 10.6. The molecule has 0 unspecified atom stereocenters. The molecule has 3 rings (SSSR count). The third-order valence-electron chi connectivity index (χ3n) is 3.23. The van der Waals surface area contributed by atoms with Crippen LogP contribution in [0.5, 0.6) is 0 Å². The van der Waals surface area contributed by atoms with Crippen LogP contribution in [0.4, 0.5) is 0 Å². The molecule has 0 aromatic carbocycles. The minimum absolute atomic E-state index is 0.136. The van der Waals surface area contributed by atoms with Crippen molar-refractivity contribution in [3.63, 3.8) is 0 Å². The van der Waals surface area contributed by atoms with E-state index < -0.39 is 8.07 Å². The van der Waals surface area contributed by atoms with Crippen LogP contribution < -0.4 is 5.32 Å². The van der Waals surface area contributed by atoms with Gasteiger partial charge in [-0.25, -0.2) is 24.6 Å². The standard InChI is InChI=1S/C10H14ClN5Si.C5H4ClN5/c1-17(2,3)10-7-16(15-14-10)6-9-12-5-4-8(11)13-9;6-4-1-2-8-5(10-4)3-9-11-7/h4-5,7H,6H2,1-3H3;1-2H,3H2. The van der Waals surface area contributed by atoms with Crippen LogP contribution in [0.25, 0.3) is 10.4 Å². The molecule has 0 N–H and O–H groups in total. The molecule has 28 heavy (non-hydrogen) atoms. The maximum Gasteiger partial charge on any atom is 0.151 e. The Morgan fingerprint density at radius 3 is 2.21 bits per heavy atom. The summed E-state index contributed by atoms with van der Waals surface area (Å²) in [7, 11) is -1.40. The number of rotatable bonds is 5. The molecule has 0 saturated heterocycles. The minimum Gasteiger partial charge on any atom is -0.245 e. The van der Waals surface area contributed by atoms with Gasteiger partial charge in [0.2, 0.25) is 0 Å². The number of hydrogen-bond acceptors (Lipinski definition) is 7. The highest BCUT2D eigenvalue weighted by Gasteiger charge is 2.20. The molecule has 3 aromatic heterocycles. The molecule has 0 aliphatic carbocycles. The Hall–Kier alpha value is -2.59. The summed E-state index contributed by atoms with van der Waals surface area (Å²) in [6.07, 6.45) is 5.12. The first kappa shape index (κ1) is 21.7. The first-order valence-corrected chi connectivity index (χ1v) is 12.4. The predicted molar refractivity (Wildman–Crippen MR) is 109 cm³/mol. The van der Waals surface area contributed by atoms with Crippen molar-refractivity contribution in [3.8, 4) is 0 Å². The molecule has 3 aromatic rings. The molecule has 0 amide bonds. The van der Waals surface area contributed by atoms with Crippen LogP contribution in [0.15, 0.2) is 35.8 Å². The van der Waals surface area contributed by atoms with Gasteiger partial charge in [0.25, 0.3) is 0 Å². The molecule has 0 aliphatic rings. The zero-order chi connectivity index (χ0) is 20.6. The zero-order valence-electron chi connectivity index (χ0n) is 15.5. The fourth-order valence-electron chi connectivity index (χ4n) is 1.86. The van der Waals surface area contributed by atoms with E-state index in [0.717, 1.165) is 5.32 Å². The Kier molecular flexibility index (Phi) is 7.82. The molecular formula is C15H18Cl2N10Si. The molecule has 0 radical (unpaired) electrons. The second-order valence-electron chi connectivity index (χ2n) is 6.53. The van der Waals surface area contributed by atoms with E-state index in [1.165, 1.54) is 6.20 Å². The van der Waals surface area contributed by atoms with Crippen molar-refractivity contribution in [1.82, 2.24) is 34.9 Å². The van der Waals surface area contributed by atoms with Crippen LogP contribution >= 0.6 is 23.2 Å². The van der Waals surface area contributed by atoms with E-state index in [0.29, 0.717) is 28.5 Å². The molecule has 0 saturated carbocycles. The van der Waals surface area contributed by atoms with E-state index in [9.17, 15) is 0 Å². The van der Waals surface area contributed by atoms with E-state index >= 15 is 0 Å². The lowest BCUT2D eigenvalue weighted by molar-refractivity contribution is 0.625. The number of halogens is 2. The first-order valence-electron chi connectivity index (χ1n) is 8.14. The molecule has 0 fully saturated rings. The average molecular weight is 437 g/mol. The van der Waals surface area contributed by atoms with Crippen LogP contribution in [0.3, 0.4) is 0 Å². The maximum absolute atomic E-state index is 7.97. The van der Waals surface area contributed by atoms with Crippen molar-refractivity contribution in [3.05, 3.63) is 63.1 Å². The third kappa shape index (κ3) is 7.20. The van der Waals surface area contributed by atoms with E-state index in [2.05, 4.69) is 59.9 Å². The van der Waals surface area contributed by atoms with Gasteiger partial charge < -0.3 is 0 Å². The first-order chi connectivity index (χ1) is 13.3. The molecule has 13 heteroatoms. The lowest BCUT2D eigenvalue weighted by Crippen LogP contribution is -2.38. The topological polar surface area (TPSA) is 131 Å². The van der Waals surface area contributed by atoms with Crippen molar-refractivity contribution in [2.45, 2.75) is 32.7 Å². The van der Waals surface area contributed by atoms with Crippen LogP contribution in [0, 0.1) is 0 Å². The number of azide groups is 1. The maximum atomic E-state index is 7.97. The second kappa shape index (κ2) is 10.1. The van der Waals surface area contributed by atoms with Gasteiger partial charge in [-0.2, -0.15) is 0 Å². The number of nitrogens with zero attached hydrogens (tertiary/aromatic N) is 10. The van der Waals surface area contributed by atoms with Gasteiger partial charge in [0.1, 0.15) is 30.7 Å². The molecule has 0 atom stereocenters. The smallest absolute Gasteiger partial charge is 0.151 e. The summed E-state index contributed by atoms with van der Waals surface area (Å²) in [6, 6.07) is 3.21. The highest BCUT2D eigenvalue weighted by Crippen LogP contribution is 2.04. The van der Waals surface area contributed by atoms with Crippen LogP contribution in [-0.2, 0) is 13.1 Å². The van der Waals surface area contributed by atoms with Gasteiger partial charge in [0, 0.05) is 23.5 Å². The highest BCUT2D eigenvalue weighted by atomic mass is 35.5. The average Bonchev–Trinajstić information content (AvgIpc) is 3.09. The monoisotopic (exact) mass is 436 g/mol. The highest BCUT2D eigenvalue weighted by molar-refractivity contribution is 6.88. The van der Waals surface area contributed by atoms with Gasteiger partial charge in [0.15, 0.2) is 5.82 Å². The lowest BCUT2D eigenvalue weighted by atomic mass is 10.5. The summed E-state index contributed by atoms with van der Waals surface area (Å²) in [5.74, 6) is 1.07. The fraction of sp³-hybridized carbons (Fsp3) is 0.333. The number of aromatic nitrogens is 7. The van der Waals surface area contributed by atoms with Gasteiger partial charge in [-0.05, 0) is 17.7 Å². The summed E-state index contributed by atoms with van der Waals surface area (Å²) in [6.45, 7) is 7.33. The van der Waals surface area contributed by atoms with Gasteiger partial charge >= 0.3 is 0 Å². The molecular weight excluding hydrogens is 419 g/mol. The van der Waals surface area contributed by atoms with Crippen molar-refractivity contribution < 1.29 is 0 Å². The van der Waals surface area contributed by atoms with Crippen molar-refractivity contribution in [2.75, 3.05) is 0 Å². The molecule has 0 bridgehead atoms. The van der Waals surface area contributed by atoms with Crippen molar-refractivity contribution >= 4 is 36.6 Å². The Morgan fingerprint density at radius 1 is 1.07 bits per heavy atom. The Morgan fingerprint density at radius 2 is 1.68 bits per heavy atom. The van der Waals surface area contributed by atoms with E-state index in [1.54, 1.807) is 23.0 Å². The summed E-state index contributed by atoms with van der Waals surface area (Å²) in [5, 5.41) is 13.4. The molecule has 146 valence electrons. The van der Waals surface area contributed by atoms with Crippen LogP contribution in [0.1, 0.15) is 11.6 Å². The summed E-state index contributed by atoms with van der Waals surface area (Å²) in [5.41, 5.74) is 7.97. The SMILES string of the molecule is C[Si](C)(C)c1cn(Cc2nccc(Cl)n2)nn1.[N-]=[N+]=NCc1nccc(Cl)n1. The predicted octanol–water partition coefficient (Wildman–Crippen LogP) is 3.26. The van der Waals surface area contributed by atoms with Gasteiger partial charge in [0.05, 0.1) is 11.9 Å². The Bertz CT molecular complexity index is 965. The molecule has 0 spiro atoms. The fourth-order valence-corrected chi connectivity index (χ4v) is 3.05. The van der Waals surface area contributed by atoms with Gasteiger partial charge in [-0.15, -0.1) is 5.10 Å². The summed E-state index contributed by atoms with van der Waals surface area (Å²) >= 11 is 11.3. The third-order valence-corrected chi connectivity index (χ3v) is 5.42. The van der Waals surface area contributed by atoms with Crippen molar-refractivity contribution in [2.24, 2.45) is 5.11 Å². The van der Waals surface area contributed by atoms with E-state index in [1.807, 2.05) is 6.20 Å². The van der Waals surface area contributed by atoms with E-state index in [-0.39, 0.29) is 6.54 Å². The second-order valence-corrected chi connectivity index (χ2v) is 12.3. The van der Waals surface area contributed by atoms with Crippen molar-refractivity contribution in [1.29, 1.82) is 0 Å². The molecule has 10 nitrogen and oxygen atoms in total. The quantitative estimate of drug-likeness (QED) is 0.198. The lowest BCUT2D eigenvalue weighted by Gasteiger charge is -2.09. The minimum atomic E-state index is -1.40. The zero-order valence-corrected chi connectivity index (χ0v) is 18.0. The molecule has 0 aliphatic heterocycles. The van der Waals surface area contributed by atoms with Gasteiger partial charge in [-0.3, -0.25) is 0 Å². The van der Waals surface area contributed by atoms with Crippen LogP contribution in [0.2, 0.25) is 29.9 Å². The van der Waals surface area contributed by atoms with Crippen LogP contribution in [-0.4, -0.2) is 43.0 Å². The van der Waals surface area contributed by atoms with E-state index in [4.69, 9.17) is 28.7 Å². The number of hydrogen-bond donors (Lipinski definition) is 0. The summed E-state index contributed by atoms with van der Waals surface area (Å²) < 4.78 is 1.75. The Balaban J connectivity index is 0.000000221. The summed E-state index contributed by atoms with van der Waals surface area (Å²) in [4.78, 5) is 18.4.